The molecule has 0 radical (unpaired) electrons. The van der Waals surface area contributed by atoms with Gasteiger partial charge < -0.3 is 9.88 Å². The predicted octanol–water partition coefficient (Wildman–Crippen LogP) is 2.41. The topological polar surface area (TPSA) is 36.1 Å². The Balaban J connectivity index is 2.35. The normalized spacial score (nSPS) is 15.5. The molecule has 0 unspecified atom stereocenters. The average molecular weight is 228 g/mol. The van der Waals surface area contributed by atoms with Gasteiger partial charge in [0, 0.05) is 24.5 Å². The molecule has 88 valence electrons. The third kappa shape index (κ3) is 1.38. The van der Waals surface area contributed by atoms with E-state index in [-0.39, 0.29) is 5.91 Å². The summed E-state index contributed by atoms with van der Waals surface area (Å²) in [5, 5.41) is 1.22. The first kappa shape index (κ1) is 10.4. The number of fused-ring (bicyclic) bond motifs is 3. The second-order valence-corrected chi connectivity index (χ2v) is 4.96. The molecule has 1 amide bonds. The number of aromatic nitrogens is 1. The Morgan fingerprint density at radius 2 is 2.06 bits per heavy atom. The molecule has 3 rings (SSSR count). The monoisotopic (exact) mass is 228 g/mol. The van der Waals surface area contributed by atoms with Crippen LogP contribution in [0, 0.1) is 13.8 Å². The summed E-state index contributed by atoms with van der Waals surface area (Å²) >= 11 is 0. The standard InChI is InChI=1S/C14H16N2O/c1-8-6-9(2)12-11(7-8)10-4-5-16(3)14(17)13(10)15-12/h6-7,15H,4-5H2,1-3H3. The quantitative estimate of drug-likeness (QED) is 0.738. The molecular formula is C14H16N2O. The van der Waals surface area contributed by atoms with Gasteiger partial charge in [-0.1, -0.05) is 11.6 Å². The van der Waals surface area contributed by atoms with Gasteiger partial charge in [0.15, 0.2) is 0 Å². The van der Waals surface area contributed by atoms with Gasteiger partial charge in [-0.3, -0.25) is 4.79 Å². The van der Waals surface area contributed by atoms with Crippen molar-refractivity contribution in [2.75, 3.05) is 13.6 Å². The molecule has 2 aromatic rings. The largest absolute Gasteiger partial charge is 0.350 e. The summed E-state index contributed by atoms with van der Waals surface area (Å²) in [5.74, 6) is 0.111. The SMILES string of the molecule is Cc1cc(C)c2[nH]c3c(c2c1)CCN(C)C3=O. The minimum Gasteiger partial charge on any atom is -0.350 e. The number of hydrogen-bond acceptors (Lipinski definition) is 1. The zero-order valence-electron chi connectivity index (χ0n) is 10.4. The highest BCUT2D eigenvalue weighted by molar-refractivity contribution is 6.02. The van der Waals surface area contributed by atoms with E-state index in [0.29, 0.717) is 0 Å². The molecule has 0 bridgehead atoms. The fourth-order valence-electron chi connectivity index (χ4n) is 2.72. The molecule has 0 saturated carbocycles. The maximum Gasteiger partial charge on any atom is 0.270 e. The van der Waals surface area contributed by atoms with Gasteiger partial charge in [-0.05, 0) is 37.5 Å². The predicted molar refractivity (Wildman–Crippen MR) is 68.4 cm³/mol. The highest BCUT2D eigenvalue weighted by Gasteiger charge is 2.25. The number of aromatic amines is 1. The molecule has 1 aliphatic heterocycles. The molecule has 1 aromatic carbocycles. The number of rotatable bonds is 0. The molecular weight excluding hydrogens is 212 g/mol. The maximum absolute atomic E-state index is 12.1. The third-order valence-electron chi connectivity index (χ3n) is 3.61. The van der Waals surface area contributed by atoms with E-state index in [1.165, 1.54) is 22.1 Å². The fourth-order valence-corrected chi connectivity index (χ4v) is 2.72. The van der Waals surface area contributed by atoms with Crippen molar-refractivity contribution >= 4 is 16.8 Å². The van der Waals surface area contributed by atoms with E-state index in [0.717, 1.165) is 24.2 Å². The molecule has 1 aliphatic rings. The molecule has 0 aliphatic carbocycles. The van der Waals surface area contributed by atoms with Crippen LogP contribution in [0.2, 0.25) is 0 Å². The smallest absolute Gasteiger partial charge is 0.270 e. The number of aryl methyl sites for hydroxylation is 2. The Bertz CT molecular complexity index is 625. The summed E-state index contributed by atoms with van der Waals surface area (Å²) in [5.41, 5.74) is 5.55. The van der Waals surface area contributed by atoms with Crippen molar-refractivity contribution in [3.63, 3.8) is 0 Å². The van der Waals surface area contributed by atoms with Gasteiger partial charge in [-0.15, -0.1) is 0 Å². The van der Waals surface area contributed by atoms with Crippen LogP contribution in [-0.4, -0.2) is 29.4 Å². The highest BCUT2D eigenvalue weighted by atomic mass is 16.2. The van der Waals surface area contributed by atoms with E-state index < -0.39 is 0 Å². The first-order valence-electron chi connectivity index (χ1n) is 5.95. The van der Waals surface area contributed by atoms with Crippen molar-refractivity contribution in [2.45, 2.75) is 20.3 Å². The van der Waals surface area contributed by atoms with E-state index in [9.17, 15) is 4.79 Å². The number of hydrogen-bond donors (Lipinski definition) is 1. The van der Waals surface area contributed by atoms with Gasteiger partial charge in [0.2, 0.25) is 0 Å². The number of nitrogens with zero attached hydrogens (tertiary/aromatic N) is 1. The lowest BCUT2D eigenvalue weighted by atomic mass is 10.0. The minimum atomic E-state index is 0.111. The van der Waals surface area contributed by atoms with Crippen LogP contribution in [-0.2, 0) is 6.42 Å². The molecule has 3 nitrogen and oxygen atoms in total. The van der Waals surface area contributed by atoms with Crippen LogP contribution in [0.4, 0.5) is 0 Å². The summed E-state index contributed by atoms with van der Waals surface area (Å²) in [6.45, 7) is 5.00. The summed E-state index contributed by atoms with van der Waals surface area (Å²) in [6.07, 6.45) is 0.945. The van der Waals surface area contributed by atoms with Gasteiger partial charge in [0.05, 0.1) is 0 Å². The number of nitrogens with one attached hydrogen (secondary N) is 1. The van der Waals surface area contributed by atoms with Crippen LogP contribution in [0.3, 0.4) is 0 Å². The molecule has 0 spiro atoms. The van der Waals surface area contributed by atoms with Gasteiger partial charge >= 0.3 is 0 Å². The van der Waals surface area contributed by atoms with Crippen LogP contribution >= 0.6 is 0 Å². The Morgan fingerprint density at radius 3 is 2.82 bits per heavy atom. The molecule has 1 aromatic heterocycles. The highest BCUT2D eigenvalue weighted by Crippen LogP contribution is 2.29. The number of likely N-dealkylation sites (N-methyl/N-ethyl adjacent to an activating group) is 1. The zero-order valence-corrected chi connectivity index (χ0v) is 10.4. The van der Waals surface area contributed by atoms with Crippen LogP contribution in [0.15, 0.2) is 12.1 Å². The summed E-state index contributed by atoms with van der Waals surface area (Å²) < 4.78 is 0. The van der Waals surface area contributed by atoms with Crippen LogP contribution < -0.4 is 0 Å². The van der Waals surface area contributed by atoms with E-state index in [2.05, 4.69) is 31.0 Å². The Kier molecular flexibility index (Phi) is 2.05. The van der Waals surface area contributed by atoms with Crippen molar-refractivity contribution in [3.8, 4) is 0 Å². The van der Waals surface area contributed by atoms with Crippen LogP contribution in [0.25, 0.3) is 10.9 Å². The third-order valence-corrected chi connectivity index (χ3v) is 3.61. The number of carbonyl (C=O) groups excluding carboxylic acids is 1. The average Bonchev–Trinajstić information content (AvgIpc) is 2.63. The molecule has 0 atom stereocenters. The number of amides is 1. The van der Waals surface area contributed by atoms with Gasteiger partial charge in [-0.25, -0.2) is 0 Å². The second-order valence-electron chi connectivity index (χ2n) is 4.96. The van der Waals surface area contributed by atoms with Gasteiger partial charge in [0.25, 0.3) is 5.91 Å². The Hall–Kier alpha value is -1.77. The second kappa shape index (κ2) is 3.36. The lowest BCUT2D eigenvalue weighted by Gasteiger charge is -2.22. The van der Waals surface area contributed by atoms with Crippen molar-refractivity contribution in [1.82, 2.24) is 9.88 Å². The lowest BCUT2D eigenvalue weighted by Crippen LogP contribution is -2.33. The van der Waals surface area contributed by atoms with Crippen molar-refractivity contribution < 1.29 is 4.79 Å². The van der Waals surface area contributed by atoms with Crippen LogP contribution in [0.1, 0.15) is 27.2 Å². The Labute approximate surface area is 100 Å². The first-order chi connectivity index (χ1) is 8.08. The molecule has 3 heteroatoms. The number of benzene rings is 1. The summed E-state index contributed by atoms with van der Waals surface area (Å²) in [4.78, 5) is 17.2. The van der Waals surface area contributed by atoms with E-state index in [4.69, 9.17) is 0 Å². The number of H-pyrrole nitrogens is 1. The van der Waals surface area contributed by atoms with Crippen LogP contribution in [0.5, 0.6) is 0 Å². The minimum absolute atomic E-state index is 0.111. The first-order valence-corrected chi connectivity index (χ1v) is 5.95. The molecule has 17 heavy (non-hydrogen) atoms. The fraction of sp³-hybridized carbons (Fsp3) is 0.357. The molecule has 2 heterocycles. The summed E-state index contributed by atoms with van der Waals surface area (Å²) in [7, 11) is 1.86. The van der Waals surface area contributed by atoms with Crippen molar-refractivity contribution in [3.05, 3.63) is 34.5 Å². The van der Waals surface area contributed by atoms with E-state index >= 15 is 0 Å². The molecule has 0 fully saturated rings. The van der Waals surface area contributed by atoms with Gasteiger partial charge in [0.1, 0.15) is 5.69 Å². The molecule has 0 saturated heterocycles. The molecule has 1 N–H and O–H groups in total. The summed E-state index contributed by atoms with van der Waals surface area (Å²) in [6, 6.07) is 4.33. The van der Waals surface area contributed by atoms with E-state index in [1.54, 1.807) is 4.90 Å². The maximum atomic E-state index is 12.1. The zero-order chi connectivity index (χ0) is 12.2. The number of carbonyl (C=O) groups is 1. The van der Waals surface area contributed by atoms with Crippen molar-refractivity contribution in [1.29, 1.82) is 0 Å². The lowest BCUT2D eigenvalue weighted by molar-refractivity contribution is 0.0776. The van der Waals surface area contributed by atoms with E-state index in [1.807, 2.05) is 7.05 Å². The Morgan fingerprint density at radius 1 is 1.29 bits per heavy atom. The van der Waals surface area contributed by atoms with Crippen molar-refractivity contribution in [2.24, 2.45) is 0 Å². The van der Waals surface area contributed by atoms with Gasteiger partial charge in [-0.2, -0.15) is 0 Å².